The van der Waals surface area contributed by atoms with E-state index in [1.54, 1.807) is 26.4 Å². The van der Waals surface area contributed by atoms with Gasteiger partial charge in [0.05, 0.1) is 24.0 Å². The Morgan fingerprint density at radius 2 is 1.00 bits per heavy atom. The van der Waals surface area contributed by atoms with Gasteiger partial charge in [0.2, 0.25) is 0 Å². The topological polar surface area (TPSA) is 58.9 Å². The van der Waals surface area contributed by atoms with Crippen LogP contribution in [0.25, 0.3) is 0 Å². The molecule has 0 radical (unpaired) electrons. The van der Waals surface area contributed by atoms with E-state index in [1.165, 1.54) is 11.8 Å². The molecular formula is C22H30O4S. The highest BCUT2D eigenvalue weighted by atomic mass is 32.2. The minimum atomic E-state index is -0.249. The molecule has 0 spiro atoms. The number of methoxy groups -OCH3 is 2. The molecule has 0 atom stereocenters. The zero-order chi connectivity index (χ0) is 20.6. The average molecular weight is 391 g/mol. The first-order chi connectivity index (χ1) is 12.4. The van der Waals surface area contributed by atoms with Crippen molar-refractivity contribution in [3.63, 3.8) is 0 Å². The molecule has 148 valence electrons. The average Bonchev–Trinajstić information content (AvgIpc) is 2.56. The maximum absolute atomic E-state index is 10.9. The molecule has 0 saturated carbocycles. The van der Waals surface area contributed by atoms with Crippen molar-refractivity contribution in [2.75, 3.05) is 14.2 Å². The Kier molecular flexibility index (Phi) is 5.95. The Balaban J connectivity index is 2.64. The summed E-state index contributed by atoms with van der Waals surface area (Å²) in [5.74, 6) is 1.73. The Hall–Kier alpha value is -2.01. The quantitative estimate of drug-likeness (QED) is 0.684. The monoisotopic (exact) mass is 390 g/mol. The van der Waals surface area contributed by atoms with Crippen molar-refractivity contribution in [3.05, 3.63) is 35.4 Å². The minimum absolute atomic E-state index is 0.202. The maximum atomic E-state index is 10.9. The van der Waals surface area contributed by atoms with Gasteiger partial charge in [0.25, 0.3) is 0 Å². The summed E-state index contributed by atoms with van der Waals surface area (Å²) < 4.78 is 10.8. The van der Waals surface area contributed by atoms with Crippen molar-refractivity contribution in [2.45, 2.75) is 62.2 Å². The van der Waals surface area contributed by atoms with Crippen molar-refractivity contribution >= 4 is 11.8 Å². The largest absolute Gasteiger partial charge is 0.506 e. The molecule has 0 aliphatic heterocycles. The standard InChI is InChI=1S/C22H30O4S/c1-21(2,3)15-9-13(25-7)11-17(19(15)23)27-18-12-14(26-8)10-16(20(18)24)22(4,5)6/h9-12,23-24H,1-8H3. The lowest BCUT2D eigenvalue weighted by Crippen LogP contribution is -2.12. The van der Waals surface area contributed by atoms with Crippen LogP contribution in [0, 0.1) is 0 Å². The second-order valence-corrected chi connectivity index (χ2v) is 9.73. The second kappa shape index (κ2) is 7.55. The van der Waals surface area contributed by atoms with E-state index < -0.39 is 0 Å². The van der Waals surface area contributed by atoms with Crippen LogP contribution < -0.4 is 9.47 Å². The maximum Gasteiger partial charge on any atom is 0.133 e. The summed E-state index contributed by atoms with van der Waals surface area (Å²) in [5, 5.41) is 21.7. The molecule has 0 aromatic heterocycles. The van der Waals surface area contributed by atoms with Gasteiger partial charge in [-0.15, -0.1) is 0 Å². The molecular weight excluding hydrogens is 360 g/mol. The van der Waals surface area contributed by atoms with E-state index in [-0.39, 0.29) is 22.3 Å². The molecule has 0 heterocycles. The van der Waals surface area contributed by atoms with Crippen molar-refractivity contribution < 1.29 is 19.7 Å². The van der Waals surface area contributed by atoms with E-state index >= 15 is 0 Å². The van der Waals surface area contributed by atoms with Crippen LogP contribution in [0.15, 0.2) is 34.1 Å². The van der Waals surface area contributed by atoms with Crippen LogP contribution in [-0.4, -0.2) is 24.4 Å². The molecule has 0 fully saturated rings. The number of hydrogen-bond donors (Lipinski definition) is 2. The van der Waals surface area contributed by atoms with E-state index in [1.807, 2.05) is 53.7 Å². The first-order valence-electron chi connectivity index (χ1n) is 8.89. The molecule has 2 aromatic carbocycles. The lowest BCUT2D eigenvalue weighted by molar-refractivity contribution is 0.398. The zero-order valence-corrected chi connectivity index (χ0v) is 18.2. The SMILES string of the molecule is COc1cc(Sc2cc(OC)cc(C(C)(C)C)c2O)c(O)c(C(C)(C)C)c1. The zero-order valence-electron chi connectivity index (χ0n) is 17.4. The molecule has 2 rings (SSSR count). The van der Waals surface area contributed by atoms with Gasteiger partial charge in [-0.2, -0.15) is 0 Å². The van der Waals surface area contributed by atoms with E-state index in [4.69, 9.17) is 9.47 Å². The number of hydrogen-bond acceptors (Lipinski definition) is 5. The van der Waals surface area contributed by atoms with Gasteiger partial charge in [0, 0.05) is 11.1 Å². The van der Waals surface area contributed by atoms with Crippen molar-refractivity contribution in [2.24, 2.45) is 0 Å². The fraction of sp³-hybridized carbons (Fsp3) is 0.455. The smallest absolute Gasteiger partial charge is 0.133 e. The number of benzene rings is 2. The predicted molar refractivity (Wildman–Crippen MR) is 111 cm³/mol. The molecule has 4 nitrogen and oxygen atoms in total. The van der Waals surface area contributed by atoms with Crippen LogP contribution in [-0.2, 0) is 10.8 Å². The Morgan fingerprint density at radius 1 is 0.667 bits per heavy atom. The summed E-state index contributed by atoms with van der Waals surface area (Å²) >= 11 is 1.30. The summed E-state index contributed by atoms with van der Waals surface area (Å²) in [7, 11) is 3.21. The molecule has 0 unspecified atom stereocenters. The van der Waals surface area contributed by atoms with Gasteiger partial charge in [-0.3, -0.25) is 0 Å². The van der Waals surface area contributed by atoms with E-state index in [0.717, 1.165) is 11.1 Å². The highest BCUT2D eigenvalue weighted by Crippen LogP contribution is 2.48. The molecule has 0 amide bonds. The summed E-state index contributed by atoms with van der Waals surface area (Å²) in [6, 6.07) is 7.27. The van der Waals surface area contributed by atoms with Crippen molar-refractivity contribution in [1.82, 2.24) is 0 Å². The van der Waals surface area contributed by atoms with Gasteiger partial charge in [-0.25, -0.2) is 0 Å². The first kappa shape index (κ1) is 21.3. The third-order valence-corrected chi connectivity index (χ3v) is 5.47. The van der Waals surface area contributed by atoms with Gasteiger partial charge in [0.15, 0.2) is 0 Å². The van der Waals surface area contributed by atoms with E-state index in [2.05, 4.69) is 0 Å². The highest BCUT2D eigenvalue weighted by Gasteiger charge is 2.25. The van der Waals surface area contributed by atoms with Gasteiger partial charge in [0.1, 0.15) is 23.0 Å². The van der Waals surface area contributed by atoms with Crippen LogP contribution >= 0.6 is 11.8 Å². The number of ether oxygens (including phenoxy) is 2. The molecule has 2 N–H and O–H groups in total. The van der Waals surface area contributed by atoms with Gasteiger partial charge in [-0.1, -0.05) is 53.3 Å². The van der Waals surface area contributed by atoms with Crippen LogP contribution in [0.5, 0.6) is 23.0 Å². The van der Waals surface area contributed by atoms with Crippen molar-refractivity contribution in [1.29, 1.82) is 0 Å². The normalized spacial score (nSPS) is 12.1. The van der Waals surface area contributed by atoms with Crippen molar-refractivity contribution in [3.8, 4) is 23.0 Å². The third kappa shape index (κ3) is 4.64. The molecule has 0 saturated heterocycles. The van der Waals surface area contributed by atoms with Gasteiger partial charge in [-0.05, 0) is 35.1 Å². The lowest BCUT2D eigenvalue weighted by Gasteiger charge is -2.24. The second-order valence-electron chi connectivity index (χ2n) is 8.65. The number of phenolic OH excluding ortho intramolecular Hbond substituents is 2. The van der Waals surface area contributed by atoms with Gasteiger partial charge >= 0.3 is 0 Å². The molecule has 5 heteroatoms. The molecule has 2 aromatic rings. The molecule has 0 aliphatic rings. The van der Waals surface area contributed by atoms with Crippen LogP contribution in [0.4, 0.5) is 0 Å². The number of rotatable bonds is 4. The molecule has 0 aliphatic carbocycles. The fourth-order valence-electron chi connectivity index (χ4n) is 2.82. The Labute approximate surface area is 166 Å². The summed E-state index contributed by atoms with van der Waals surface area (Å²) in [5.41, 5.74) is 1.09. The first-order valence-corrected chi connectivity index (χ1v) is 9.71. The third-order valence-electron chi connectivity index (χ3n) is 4.40. The Bertz CT molecular complexity index is 760. The lowest BCUT2D eigenvalue weighted by atomic mass is 9.86. The fourth-order valence-corrected chi connectivity index (χ4v) is 3.82. The summed E-state index contributed by atoms with van der Waals surface area (Å²) in [6.07, 6.45) is 0. The summed E-state index contributed by atoms with van der Waals surface area (Å²) in [6.45, 7) is 12.2. The minimum Gasteiger partial charge on any atom is -0.506 e. The Morgan fingerprint density at radius 3 is 1.26 bits per heavy atom. The van der Waals surface area contributed by atoms with E-state index in [0.29, 0.717) is 21.3 Å². The number of phenols is 2. The predicted octanol–water partition coefficient (Wildman–Crippen LogP) is 5.86. The summed E-state index contributed by atoms with van der Waals surface area (Å²) in [4.78, 5) is 1.25. The van der Waals surface area contributed by atoms with Crippen LogP contribution in [0.1, 0.15) is 52.7 Å². The van der Waals surface area contributed by atoms with Crippen LogP contribution in [0.2, 0.25) is 0 Å². The van der Waals surface area contributed by atoms with E-state index in [9.17, 15) is 10.2 Å². The molecule has 0 bridgehead atoms. The number of aromatic hydroxyl groups is 2. The highest BCUT2D eigenvalue weighted by molar-refractivity contribution is 7.99. The molecule has 27 heavy (non-hydrogen) atoms. The van der Waals surface area contributed by atoms with Crippen LogP contribution in [0.3, 0.4) is 0 Å². The van der Waals surface area contributed by atoms with Gasteiger partial charge < -0.3 is 19.7 Å².